The van der Waals surface area contributed by atoms with E-state index in [0.29, 0.717) is 6.35 Å². The predicted molar refractivity (Wildman–Crippen MR) is 87.0 cm³/mol. The lowest BCUT2D eigenvalue weighted by atomic mass is 10.3. The summed E-state index contributed by atoms with van der Waals surface area (Å²) in [5, 5.41) is 8.20. The van der Waals surface area contributed by atoms with Gasteiger partial charge in [0, 0.05) is 42.3 Å². The van der Waals surface area contributed by atoms with Gasteiger partial charge in [-0.05, 0) is 17.3 Å². The topological polar surface area (TPSA) is 49.7 Å². The Morgan fingerprint density at radius 1 is 1.00 bits per heavy atom. The van der Waals surface area contributed by atoms with Gasteiger partial charge < -0.3 is 4.84 Å². The van der Waals surface area contributed by atoms with Crippen LogP contribution in [0.4, 0.5) is 0 Å². The largest absolute Gasteiger partial charge is 0.349 e. The first kappa shape index (κ1) is 16.1. The van der Waals surface area contributed by atoms with Gasteiger partial charge in [0.1, 0.15) is 11.0 Å². The fourth-order valence-corrected chi connectivity index (χ4v) is 5.60. The van der Waals surface area contributed by atoms with Crippen LogP contribution in [-0.2, 0) is 0 Å². The smallest absolute Gasteiger partial charge is 0.268 e. The van der Waals surface area contributed by atoms with Gasteiger partial charge >= 0.3 is 0 Å². The molecule has 21 heavy (non-hydrogen) atoms. The van der Waals surface area contributed by atoms with Crippen molar-refractivity contribution in [2.75, 3.05) is 48.6 Å². The lowest BCUT2D eigenvalue weighted by Gasteiger charge is -2.38. The maximum atomic E-state index is 5.98. The van der Waals surface area contributed by atoms with Crippen LogP contribution in [0.3, 0.4) is 0 Å². The lowest BCUT2D eigenvalue weighted by molar-refractivity contribution is 0.114. The molecule has 0 saturated carbocycles. The van der Waals surface area contributed by atoms with Crippen molar-refractivity contribution in [2.24, 2.45) is 0 Å². The summed E-state index contributed by atoms with van der Waals surface area (Å²) < 4.78 is 6.68. The van der Waals surface area contributed by atoms with Crippen LogP contribution in [0.2, 0.25) is 0 Å². The van der Waals surface area contributed by atoms with E-state index in [1.807, 2.05) is 24.3 Å². The summed E-state index contributed by atoms with van der Waals surface area (Å²) in [5.41, 5.74) is 1.72. The summed E-state index contributed by atoms with van der Waals surface area (Å²) in [6.45, 7) is 0. The summed E-state index contributed by atoms with van der Waals surface area (Å²) >= 11 is 0. The molecule has 0 aliphatic rings. The van der Waals surface area contributed by atoms with Crippen molar-refractivity contribution in [2.45, 2.75) is 0 Å². The van der Waals surface area contributed by atoms with E-state index in [9.17, 15) is 0 Å². The van der Waals surface area contributed by atoms with Crippen LogP contribution < -0.4 is 4.84 Å². The molecule has 116 valence electrons. The van der Waals surface area contributed by atoms with Crippen LogP contribution in [0.5, 0.6) is 0 Å². The zero-order valence-electron chi connectivity index (χ0n) is 13.6. The summed E-state index contributed by atoms with van der Waals surface area (Å²) in [6.07, 6.45) is 0.535. The second-order valence-corrected chi connectivity index (χ2v) is 9.49. The average Bonchev–Trinajstić information content (AvgIpc) is 2.82. The van der Waals surface area contributed by atoms with Crippen molar-refractivity contribution in [3.05, 3.63) is 24.3 Å². The average molecular weight is 311 g/mol. The first-order valence-electron chi connectivity index (χ1n) is 6.75. The molecule has 0 saturated heterocycles. The highest BCUT2D eigenvalue weighted by Gasteiger charge is 2.49. The highest BCUT2D eigenvalue weighted by Crippen LogP contribution is 2.62. The third-order valence-electron chi connectivity index (χ3n) is 3.60. The second-order valence-electron chi connectivity index (χ2n) is 5.44. The molecular weight excluding hydrogens is 287 g/mol. The Kier molecular flexibility index (Phi) is 4.78. The Hall–Kier alpha value is -1.27. The summed E-state index contributed by atoms with van der Waals surface area (Å²) in [5.74, 6) is 0. The standard InChI is InChI=1S/C13H24N6OP/c1-16(2)21(17(3)4,18(5)6)11-20-19-13-10-8-7-9-12(13)14-15-19/h7-10H,11H2,1-6H3/q+1. The highest BCUT2D eigenvalue weighted by atomic mass is 31.2. The van der Waals surface area contributed by atoms with Crippen LogP contribution in [0.1, 0.15) is 0 Å². The molecule has 2 aromatic rings. The fourth-order valence-electron chi connectivity index (χ4n) is 2.49. The van der Waals surface area contributed by atoms with Crippen molar-refractivity contribution < 1.29 is 4.84 Å². The molecule has 0 unspecified atom stereocenters. The fraction of sp³-hybridized carbons (Fsp3) is 0.538. The molecule has 7 nitrogen and oxygen atoms in total. The highest BCUT2D eigenvalue weighted by molar-refractivity contribution is 7.68. The molecule has 0 atom stereocenters. The first-order chi connectivity index (χ1) is 9.89. The van der Waals surface area contributed by atoms with Gasteiger partial charge in [0.05, 0.1) is 0 Å². The van der Waals surface area contributed by atoms with E-state index in [1.54, 1.807) is 0 Å². The number of nitrogens with zero attached hydrogens (tertiary/aromatic N) is 6. The maximum Gasteiger partial charge on any atom is 0.268 e. The number of aromatic nitrogens is 3. The van der Waals surface area contributed by atoms with Gasteiger partial charge in [-0.3, -0.25) is 0 Å². The van der Waals surface area contributed by atoms with Crippen molar-refractivity contribution in [3.8, 4) is 0 Å². The Morgan fingerprint density at radius 3 is 2.14 bits per heavy atom. The van der Waals surface area contributed by atoms with Crippen LogP contribution >= 0.6 is 7.71 Å². The van der Waals surface area contributed by atoms with Gasteiger partial charge in [-0.1, -0.05) is 17.0 Å². The number of fused-ring (bicyclic) bond motifs is 1. The molecule has 0 spiro atoms. The Labute approximate surface area is 126 Å². The van der Waals surface area contributed by atoms with Gasteiger partial charge in [0.25, 0.3) is 14.1 Å². The Bertz CT molecular complexity index is 575. The molecule has 1 heterocycles. The van der Waals surface area contributed by atoms with Crippen LogP contribution in [0.25, 0.3) is 11.0 Å². The number of para-hydroxylation sites is 1. The van der Waals surface area contributed by atoms with E-state index in [2.05, 4.69) is 66.6 Å². The number of hydrogen-bond donors (Lipinski definition) is 0. The first-order valence-corrected chi connectivity index (χ1v) is 8.58. The van der Waals surface area contributed by atoms with Gasteiger partial charge in [0.15, 0.2) is 0 Å². The SMILES string of the molecule is CN(C)[P+](COn1nnc2ccccc21)(N(C)C)N(C)C. The Balaban J connectivity index is 2.26. The van der Waals surface area contributed by atoms with Crippen LogP contribution in [-0.4, -0.2) is 77.8 Å². The van der Waals surface area contributed by atoms with E-state index < -0.39 is 7.71 Å². The minimum atomic E-state index is -1.74. The lowest BCUT2D eigenvalue weighted by Crippen LogP contribution is -2.40. The van der Waals surface area contributed by atoms with Crippen LogP contribution in [0.15, 0.2) is 24.3 Å². The molecule has 0 fully saturated rings. The molecule has 0 amide bonds. The molecule has 0 bridgehead atoms. The molecular formula is C13H24N6OP+. The minimum Gasteiger partial charge on any atom is -0.349 e. The minimum absolute atomic E-state index is 0.535. The molecule has 1 aromatic heterocycles. The van der Waals surface area contributed by atoms with E-state index >= 15 is 0 Å². The Morgan fingerprint density at radius 2 is 1.57 bits per heavy atom. The molecule has 2 rings (SSSR count). The third-order valence-corrected chi connectivity index (χ3v) is 7.90. The number of hydrogen-bond acceptors (Lipinski definition) is 6. The molecule has 0 aliphatic carbocycles. The third kappa shape index (κ3) is 2.87. The predicted octanol–water partition coefficient (Wildman–Crippen LogP) is 1.26. The molecule has 0 aliphatic heterocycles. The normalized spacial score (nSPS) is 12.8. The quantitative estimate of drug-likeness (QED) is 0.749. The molecule has 0 radical (unpaired) electrons. The second kappa shape index (κ2) is 6.23. The summed E-state index contributed by atoms with van der Waals surface area (Å²) in [6, 6.07) is 7.78. The number of benzene rings is 1. The summed E-state index contributed by atoms with van der Waals surface area (Å²) in [7, 11) is 10.7. The van der Waals surface area contributed by atoms with Crippen LogP contribution in [0, 0.1) is 0 Å². The van der Waals surface area contributed by atoms with E-state index in [4.69, 9.17) is 4.84 Å². The van der Waals surface area contributed by atoms with E-state index in [1.165, 1.54) is 4.85 Å². The molecule has 0 N–H and O–H groups in total. The molecule has 1 aromatic carbocycles. The van der Waals surface area contributed by atoms with E-state index in [-0.39, 0.29) is 0 Å². The maximum absolute atomic E-state index is 5.98. The van der Waals surface area contributed by atoms with E-state index in [0.717, 1.165) is 11.0 Å². The van der Waals surface area contributed by atoms with Crippen molar-refractivity contribution in [1.29, 1.82) is 0 Å². The van der Waals surface area contributed by atoms with Gasteiger partial charge in [-0.2, -0.15) is 14.0 Å². The zero-order valence-corrected chi connectivity index (χ0v) is 14.4. The van der Waals surface area contributed by atoms with Crippen molar-refractivity contribution >= 4 is 18.7 Å². The van der Waals surface area contributed by atoms with Crippen molar-refractivity contribution in [1.82, 2.24) is 29.2 Å². The van der Waals surface area contributed by atoms with Gasteiger partial charge in [0.2, 0.25) is 0 Å². The van der Waals surface area contributed by atoms with Gasteiger partial charge in [-0.25, -0.2) is 0 Å². The van der Waals surface area contributed by atoms with Gasteiger partial charge in [-0.15, -0.1) is 5.10 Å². The van der Waals surface area contributed by atoms with Crippen molar-refractivity contribution in [3.63, 3.8) is 0 Å². The summed E-state index contributed by atoms with van der Waals surface area (Å²) in [4.78, 5) is 7.49. The molecule has 8 heteroatoms. The number of rotatable bonds is 6. The monoisotopic (exact) mass is 311 g/mol. The zero-order chi connectivity index (χ0) is 15.6.